The number of nitriles is 1. The van der Waals surface area contributed by atoms with Crippen molar-refractivity contribution in [3.8, 4) is 17.2 Å². The van der Waals surface area contributed by atoms with E-state index in [9.17, 15) is 10.4 Å². The molecule has 1 unspecified atom stereocenters. The highest BCUT2D eigenvalue weighted by molar-refractivity contribution is 5.98. The standard InChI is InChI=1S/C22H20N4O/c1-13(27)26-11-19(12-26)25-22-8-17(4-14-2-3-24-10-21(14)22)20-7-18(9-23)15-5-16(20)6-15/h2-5,7-8,10,13,19,25,27H,6,11-12H2,1H3. The molecule has 6 rings (SSSR count). The van der Waals surface area contributed by atoms with Crippen molar-refractivity contribution in [2.75, 3.05) is 18.4 Å². The summed E-state index contributed by atoms with van der Waals surface area (Å²) in [4.78, 5) is 6.32. The first kappa shape index (κ1) is 16.2. The van der Waals surface area contributed by atoms with E-state index < -0.39 is 6.23 Å². The van der Waals surface area contributed by atoms with Crippen LogP contribution in [0.25, 0.3) is 21.9 Å². The van der Waals surface area contributed by atoms with Crippen molar-refractivity contribution >= 4 is 16.5 Å². The van der Waals surface area contributed by atoms with Crippen LogP contribution < -0.4 is 5.32 Å². The summed E-state index contributed by atoms with van der Waals surface area (Å²) in [5.74, 6) is 0. The summed E-state index contributed by atoms with van der Waals surface area (Å²) in [6, 6.07) is 13.1. The first-order chi connectivity index (χ1) is 13.1. The number of nitrogens with zero attached hydrogens (tertiary/aromatic N) is 3. The van der Waals surface area contributed by atoms with Crippen LogP contribution in [0.4, 0.5) is 5.69 Å². The number of fused-ring (bicyclic) bond motifs is 3. The van der Waals surface area contributed by atoms with Gasteiger partial charge in [0.2, 0.25) is 0 Å². The monoisotopic (exact) mass is 356 g/mol. The summed E-state index contributed by atoms with van der Waals surface area (Å²) in [5.41, 5.74) is 6.54. The zero-order valence-corrected chi connectivity index (χ0v) is 15.1. The van der Waals surface area contributed by atoms with Gasteiger partial charge in [-0.15, -0.1) is 0 Å². The van der Waals surface area contributed by atoms with Gasteiger partial charge in [0.25, 0.3) is 0 Å². The molecule has 3 aliphatic rings. The summed E-state index contributed by atoms with van der Waals surface area (Å²) >= 11 is 0. The van der Waals surface area contributed by atoms with Crippen molar-refractivity contribution in [3.63, 3.8) is 0 Å². The van der Waals surface area contributed by atoms with E-state index in [1.165, 1.54) is 5.56 Å². The predicted octanol–water partition coefficient (Wildman–Crippen LogP) is 3.11. The Morgan fingerprint density at radius 1 is 1.26 bits per heavy atom. The van der Waals surface area contributed by atoms with Gasteiger partial charge in [0, 0.05) is 36.6 Å². The number of hydrogen-bond donors (Lipinski definition) is 2. The van der Waals surface area contributed by atoms with E-state index in [1.807, 2.05) is 29.4 Å². The fourth-order valence-electron chi connectivity index (χ4n) is 4.04. The molecule has 2 aliphatic carbocycles. The van der Waals surface area contributed by atoms with Crippen LogP contribution in [0.15, 0.2) is 42.7 Å². The van der Waals surface area contributed by atoms with Gasteiger partial charge >= 0.3 is 0 Å². The van der Waals surface area contributed by atoms with Gasteiger partial charge in [-0.1, -0.05) is 6.07 Å². The minimum Gasteiger partial charge on any atom is -0.379 e. The quantitative estimate of drug-likeness (QED) is 0.588. The Morgan fingerprint density at radius 2 is 2.07 bits per heavy atom. The van der Waals surface area contributed by atoms with Gasteiger partial charge in [0.15, 0.2) is 0 Å². The van der Waals surface area contributed by atoms with Gasteiger partial charge in [-0.2, -0.15) is 5.26 Å². The maximum Gasteiger partial charge on any atom is 0.104 e. The smallest absolute Gasteiger partial charge is 0.104 e. The Bertz CT molecular complexity index is 1090. The van der Waals surface area contributed by atoms with Gasteiger partial charge < -0.3 is 10.4 Å². The second-order valence-corrected chi connectivity index (χ2v) is 7.50. The van der Waals surface area contributed by atoms with Crippen molar-refractivity contribution in [1.82, 2.24) is 9.88 Å². The Balaban J connectivity index is 1.55. The largest absolute Gasteiger partial charge is 0.379 e. The van der Waals surface area contributed by atoms with Gasteiger partial charge in [-0.3, -0.25) is 9.88 Å². The maximum absolute atomic E-state index is 9.67. The number of aliphatic hydroxyl groups is 1. The molecule has 1 aliphatic heterocycles. The third kappa shape index (κ3) is 2.66. The molecule has 2 N–H and O–H groups in total. The van der Waals surface area contributed by atoms with Crippen LogP contribution in [0.1, 0.15) is 23.6 Å². The van der Waals surface area contributed by atoms with Gasteiger partial charge in [0.1, 0.15) is 6.23 Å². The van der Waals surface area contributed by atoms with Crippen LogP contribution in [0.3, 0.4) is 0 Å². The molecule has 2 aromatic carbocycles. The number of rotatable bonds is 4. The van der Waals surface area contributed by atoms with Gasteiger partial charge in [-0.25, -0.2) is 0 Å². The normalized spacial score (nSPS) is 17.1. The molecule has 0 radical (unpaired) electrons. The molecular weight excluding hydrogens is 336 g/mol. The second kappa shape index (κ2) is 6.05. The minimum absolute atomic E-state index is 0.308. The summed E-state index contributed by atoms with van der Waals surface area (Å²) in [6.07, 6.45) is 4.18. The molecule has 1 saturated heterocycles. The van der Waals surface area contributed by atoms with Crippen LogP contribution in [-0.2, 0) is 6.42 Å². The average molecular weight is 356 g/mol. The number of nitrogens with one attached hydrogen (secondary N) is 1. The molecule has 0 saturated carbocycles. The second-order valence-electron chi connectivity index (χ2n) is 7.50. The fourth-order valence-corrected chi connectivity index (χ4v) is 4.04. The molecule has 2 bridgehead atoms. The van der Waals surface area contributed by atoms with E-state index in [0.29, 0.717) is 6.04 Å². The third-order valence-electron chi connectivity index (χ3n) is 5.70. The highest BCUT2D eigenvalue weighted by Gasteiger charge is 2.29. The maximum atomic E-state index is 9.67. The molecule has 3 aromatic rings. The van der Waals surface area contributed by atoms with E-state index in [-0.39, 0.29) is 0 Å². The van der Waals surface area contributed by atoms with Crippen LogP contribution in [0, 0.1) is 11.3 Å². The molecule has 1 atom stereocenters. The predicted molar refractivity (Wildman–Crippen MR) is 105 cm³/mol. The molecule has 1 fully saturated rings. The van der Waals surface area contributed by atoms with E-state index in [2.05, 4.69) is 34.6 Å². The molecule has 27 heavy (non-hydrogen) atoms. The number of hydrogen-bond acceptors (Lipinski definition) is 5. The highest BCUT2D eigenvalue weighted by Crippen LogP contribution is 2.39. The first-order valence-corrected chi connectivity index (χ1v) is 9.25. The molecule has 5 nitrogen and oxygen atoms in total. The lowest BCUT2D eigenvalue weighted by Gasteiger charge is -2.42. The Labute approximate surface area is 157 Å². The topological polar surface area (TPSA) is 72.2 Å². The number of pyridine rings is 1. The summed E-state index contributed by atoms with van der Waals surface area (Å²) in [5, 5.41) is 24.9. The Morgan fingerprint density at radius 3 is 2.81 bits per heavy atom. The van der Waals surface area contributed by atoms with E-state index in [4.69, 9.17) is 0 Å². The molecular formula is C22H20N4O. The molecule has 2 heterocycles. The number of likely N-dealkylation sites (tertiary alicyclic amines) is 1. The summed E-state index contributed by atoms with van der Waals surface area (Å²) < 4.78 is 0. The van der Waals surface area contributed by atoms with Crippen molar-refractivity contribution in [2.24, 2.45) is 0 Å². The van der Waals surface area contributed by atoms with E-state index >= 15 is 0 Å². The van der Waals surface area contributed by atoms with Gasteiger partial charge in [0.05, 0.1) is 17.7 Å². The summed E-state index contributed by atoms with van der Waals surface area (Å²) in [7, 11) is 0. The third-order valence-corrected chi connectivity index (χ3v) is 5.70. The lowest BCUT2D eigenvalue weighted by Crippen LogP contribution is -2.57. The minimum atomic E-state index is -0.406. The van der Waals surface area contributed by atoms with Crippen molar-refractivity contribution in [1.29, 1.82) is 5.26 Å². The Kier molecular flexibility index (Phi) is 3.64. The molecule has 0 spiro atoms. The lowest BCUT2D eigenvalue weighted by molar-refractivity contribution is -0.0271. The summed E-state index contributed by atoms with van der Waals surface area (Å²) in [6.45, 7) is 3.44. The zero-order valence-electron chi connectivity index (χ0n) is 15.1. The van der Waals surface area contributed by atoms with E-state index in [1.54, 1.807) is 6.92 Å². The lowest BCUT2D eigenvalue weighted by atomic mass is 9.81. The highest BCUT2D eigenvalue weighted by atomic mass is 16.3. The number of aliphatic hydroxyl groups excluding tert-OH is 1. The molecule has 5 heteroatoms. The zero-order chi connectivity index (χ0) is 18.5. The molecule has 1 aromatic heterocycles. The Hall–Kier alpha value is -2.94. The van der Waals surface area contributed by atoms with Crippen LogP contribution in [0.5, 0.6) is 0 Å². The average Bonchev–Trinajstić information content (AvgIpc) is 2.62. The van der Waals surface area contributed by atoms with E-state index in [0.717, 1.165) is 58.2 Å². The number of anilines is 1. The first-order valence-electron chi connectivity index (χ1n) is 9.25. The fraction of sp³-hybridized carbons (Fsp3) is 0.273. The van der Waals surface area contributed by atoms with Crippen LogP contribution in [-0.4, -0.2) is 40.3 Å². The number of aromatic nitrogens is 1. The van der Waals surface area contributed by atoms with Crippen molar-refractivity contribution < 1.29 is 5.11 Å². The number of benzene rings is 2. The molecule has 0 amide bonds. The van der Waals surface area contributed by atoms with Gasteiger partial charge in [-0.05, 0) is 65.3 Å². The van der Waals surface area contributed by atoms with Crippen LogP contribution in [0.2, 0.25) is 0 Å². The SMILES string of the molecule is CC(O)N1CC(Nc2cc(-c3cc(C#N)c4cc3C4)cc3ccncc23)C1. The molecule has 134 valence electrons. The van der Waals surface area contributed by atoms with Crippen LogP contribution >= 0.6 is 0 Å². The van der Waals surface area contributed by atoms with Crippen molar-refractivity contribution in [2.45, 2.75) is 25.6 Å². The van der Waals surface area contributed by atoms with Crippen molar-refractivity contribution in [3.05, 3.63) is 59.4 Å².